The molecular weight excluding hydrogens is 295 g/mol. The number of rotatable bonds is 4. The summed E-state index contributed by atoms with van der Waals surface area (Å²) < 4.78 is 37.5. The third-order valence-corrected chi connectivity index (χ3v) is 5.24. The maximum absolute atomic E-state index is 13.3. The first kappa shape index (κ1) is 15.8. The molecule has 1 aliphatic carbocycles. The van der Waals surface area contributed by atoms with Gasteiger partial charge in [0.05, 0.1) is 10.6 Å². The molecule has 5 nitrogen and oxygen atoms in total. The van der Waals surface area contributed by atoms with Crippen molar-refractivity contribution >= 4 is 21.4 Å². The van der Waals surface area contributed by atoms with Gasteiger partial charge in [0.2, 0.25) is 5.91 Å². The fourth-order valence-electron chi connectivity index (χ4n) is 2.47. The molecule has 1 aromatic carbocycles. The zero-order chi connectivity index (χ0) is 15.5. The van der Waals surface area contributed by atoms with Crippen LogP contribution in [0, 0.1) is 5.82 Å². The van der Waals surface area contributed by atoms with Crippen molar-refractivity contribution in [3.8, 4) is 0 Å². The Morgan fingerprint density at radius 3 is 2.57 bits per heavy atom. The van der Waals surface area contributed by atoms with E-state index in [-0.39, 0.29) is 16.6 Å². The molecule has 0 aliphatic heterocycles. The molecule has 1 fully saturated rings. The molecule has 21 heavy (non-hydrogen) atoms. The summed E-state index contributed by atoms with van der Waals surface area (Å²) in [6.07, 6.45) is 4.99. The van der Waals surface area contributed by atoms with Crippen molar-refractivity contribution in [2.24, 2.45) is 0 Å². The van der Waals surface area contributed by atoms with E-state index in [4.69, 9.17) is 5.73 Å². The number of nitrogens with two attached hydrogens (primary N) is 1. The van der Waals surface area contributed by atoms with E-state index in [0.717, 1.165) is 38.2 Å². The van der Waals surface area contributed by atoms with Gasteiger partial charge in [-0.15, -0.1) is 0 Å². The minimum Gasteiger partial charge on any atom is -0.396 e. The average molecular weight is 314 g/mol. The van der Waals surface area contributed by atoms with Crippen LogP contribution in [0.5, 0.6) is 0 Å². The van der Waals surface area contributed by atoms with Gasteiger partial charge >= 0.3 is 0 Å². The van der Waals surface area contributed by atoms with Crippen molar-refractivity contribution in [3.63, 3.8) is 0 Å². The smallest absolute Gasteiger partial charge is 0.235 e. The lowest BCUT2D eigenvalue weighted by molar-refractivity contribution is -0.119. The molecule has 0 heterocycles. The van der Waals surface area contributed by atoms with Crippen LogP contribution in [0.15, 0.2) is 23.1 Å². The van der Waals surface area contributed by atoms with Crippen LogP contribution in [0.4, 0.5) is 10.1 Å². The molecule has 0 bridgehead atoms. The molecular formula is C14H19FN2O3S. The van der Waals surface area contributed by atoms with Crippen LogP contribution in [-0.4, -0.2) is 26.1 Å². The molecule has 1 saturated carbocycles. The van der Waals surface area contributed by atoms with E-state index in [1.165, 1.54) is 12.1 Å². The minimum absolute atomic E-state index is 0.0459. The van der Waals surface area contributed by atoms with E-state index < -0.39 is 27.3 Å². The number of nitrogens with one attached hydrogen (secondary N) is 1. The SMILES string of the molecule is Nc1ccc(S(=O)(=O)CC(=O)NC2CCCCC2)cc1F. The Labute approximate surface area is 123 Å². The monoisotopic (exact) mass is 314 g/mol. The topological polar surface area (TPSA) is 89.3 Å². The van der Waals surface area contributed by atoms with Gasteiger partial charge < -0.3 is 11.1 Å². The molecule has 0 saturated heterocycles. The summed E-state index contributed by atoms with van der Waals surface area (Å²) in [4.78, 5) is 11.6. The van der Waals surface area contributed by atoms with Gasteiger partial charge in [-0.1, -0.05) is 19.3 Å². The van der Waals surface area contributed by atoms with Crippen LogP contribution in [0.2, 0.25) is 0 Å². The predicted molar refractivity (Wildman–Crippen MR) is 77.9 cm³/mol. The summed E-state index contributed by atoms with van der Waals surface area (Å²) in [5.74, 6) is -2.02. The van der Waals surface area contributed by atoms with Crippen LogP contribution in [-0.2, 0) is 14.6 Å². The van der Waals surface area contributed by atoms with Crippen LogP contribution in [0.1, 0.15) is 32.1 Å². The van der Waals surface area contributed by atoms with Gasteiger partial charge in [-0.05, 0) is 31.0 Å². The lowest BCUT2D eigenvalue weighted by atomic mass is 9.95. The van der Waals surface area contributed by atoms with E-state index in [1.807, 2.05) is 0 Å². The second-order valence-corrected chi connectivity index (χ2v) is 7.33. The Morgan fingerprint density at radius 1 is 1.29 bits per heavy atom. The highest BCUT2D eigenvalue weighted by molar-refractivity contribution is 7.92. The number of nitrogen functional groups attached to an aromatic ring is 1. The number of carbonyl (C=O) groups excluding carboxylic acids is 1. The fourth-order valence-corrected chi connectivity index (χ4v) is 3.63. The second kappa shape index (κ2) is 6.43. The quantitative estimate of drug-likeness (QED) is 0.827. The summed E-state index contributed by atoms with van der Waals surface area (Å²) in [6.45, 7) is 0. The second-order valence-electron chi connectivity index (χ2n) is 5.34. The Hall–Kier alpha value is -1.63. The van der Waals surface area contributed by atoms with Crippen molar-refractivity contribution in [1.82, 2.24) is 5.32 Å². The van der Waals surface area contributed by atoms with Crippen molar-refractivity contribution in [3.05, 3.63) is 24.0 Å². The first-order valence-corrected chi connectivity index (χ1v) is 8.61. The van der Waals surface area contributed by atoms with Crippen molar-refractivity contribution in [2.75, 3.05) is 11.5 Å². The zero-order valence-corrected chi connectivity index (χ0v) is 12.5. The maximum atomic E-state index is 13.3. The molecule has 116 valence electrons. The van der Waals surface area contributed by atoms with Gasteiger partial charge in [0, 0.05) is 6.04 Å². The number of hydrogen-bond donors (Lipinski definition) is 2. The average Bonchev–Trinajstić information content (AvgIpc) is 2.42. The molecule has 0 unspecified atom stereocenters. The van der Waals surface area contributed by atoms with E-state index in [9.17, 15) is 17.6 Å². The van der Waals surface area contributed by atoms with Crippen molar-refractivity contribution in [1.29, 1.82) is 0 Å². The van der Waals surface area contributed by atoms with E-state index in [2.05, 4.69) is 5.32 Å². The van der Waals surface area contributed by atoms with Gasteiger partial charge in [-0.3, -0.25) is 4.79 Å². The number of carbonyl (C=O) groups is 1. The molecule has 7 heteroatoms. The van der Waals surface area contributed by atoms with Crippen LogP contribution < -0.4 is 11.1 Å². The highest BCUT2D eigenvalue weighted by Crippen LogP contribution is 2.19. The van der Waals surface area contributed by atoms with Gasteiger partial charge in [0.1, 0.15) is 11.6 Å². The predicted octanol–water partition coefficient (Wildman–Crippen LogP) is 1.63. The molecule has 0 spiro atoms. The maximum Gasteiger partial charge on any atom is 0.235 e. The van der Waals surface area contributed by atoms with E-state index >= 15 is 0 Å². The van der Waals surface area contributed by atoms with Gasteiger partial charge in [0.15, 0.2) is 9.84 Å². The summed E-state index contributed by atoms with van der Waals surface area (Å²) in [7, 11) is -3.86. The Balaban J connectivity index is 2.02. The van der Waals surface area contributed by atoms with Gasteiger partial charge in [0.25, 0.3) is 0 Å². The highest BCUT2D eigenvalue weighted by atomic mass is 32.2. The van der Waals surface area contributed by atoms with E-state index in [0.29, 0.717) is 0 Å². The Bertz CT molecular complexity index is 625. The first-order chi connectivity index (χ1) is 9.88. The van der Waals surface area contributed by atoms with Crippen LogP contribution in [0.3, 0.4) is 0 Å². The fraction of sp³-hybridized carbons (Fsp3) is 0.500. The van der Waals surface area contributed by atoms with Crippen LogP contribution >= 0.6 is 0 Å². The molecule has 0 atom stereocenters. The molecule has 1 aliphatic rings. The lowest BCUT2D eigenvalue weighted by Gasteiger charge is -2.22. The number of amides is 1. The zero-order valence-electron chi connectivity index (χ0n) is 11.6. The van der Waals surface area contributed by atoms with Crippen molar-refractivity contribution in [2.45, 2.75) is 43.0 Å². The van der Waals surface area contributed by atoms with Crippen molar-refractivity contribution < 1.29 is 17.6 Å². The summed E-state index contributed by atoms with van der Waals surface area (Å²) in [5.41, 5.74) is 5.18. The Kier molecular flexibility index (Phi) is 4.82. The van der Waals surface area contributed by atoms with Crippen LogP contribution in [0.25, 0.3) is 0 Å². The highest BCUT2D eigenvalue weighted by Gasteiger charge is 2.23. The number of hydrogen-bond acceptors (Lipinski definition) is 4. The molecule has 3 N–H and O–H groups in total. The van der Waals surface area contributed by atoms with Gasteiger partial charge in [-0.2, -0.15) is 0 Å². The number of anilines is 1. The molecule has 1 aromatic rings. The summed E-state index contributed by atoms with van der Waals surface area (Å²) in [6, 6.07) is 3.28. The standard InChI is InChI=1S/C14H19FN2O3S/c15-12-8-11(6-7-13(12)16)21(19,20)9-14(18)17-10-4-2-1-3-5-10/h6-8,10H,1-5,9,16H2,(H,17,18). The molecule has 1 amide bonds. The number of benzene rings is 1. The summed E-state index contributed by atoms with van der Waals surface area (Å²) in [5, 5.41) is 2.73. The Morgan fingerprint density at radius 2 is 1.95 bits per heavy atom. The largest absolute Gasteiger partial charge is 0.396 e. The van der Waals surface area contributed by atoms with Gasteiger partial charge in [-0.25, -0.2) is 12.8 Å². The molecule has 2 rings (SSSR count). The molecule has 0 radical (unpaired) electrons. The van der Waals surface area contributed by atoms with E-state index in [1.54, 1.807) is 0 Å². The minimum atomic E-state index is -3.86. The third kappa shape index (κ3) is 4.17. The molecule has 0 aromatic heterocycles. The number of halogens is 1. The first-order valence-electron chi connectivity index (χ1n) is 6.95. The third-order valence-electron chi connectivity index (χ3n) is 3.62. The summed E-state index contributed by atoms with van der Waals surface area (Å²) >= 11 is 0. The number of sulfone groups is 1. The normalized spacial score (nSPS) is 16.6. The lowest BCUT2D eigenvalue weighted by Crippen LogP contribution is -2.39.